The third-order valence-corrected chi connectivity index (χ3v) is 7.52. The Morgan fingerprint density at radius 2 is 0.860 bits per heavy atom. The summed E-state index contributed by atoms with van der Waals surface area (Å²) in [7, 11) is 3.32. The standard InChI is InChI=1S/C39H26O4/c1-40-32-15-7-26(8-16-32)3-5-28-11-19-34-30(23-28)13-21-36-38(34)39-35-20-12-29(6-4-27-9-17-33(41-2)18-10-27)24-31(35)14-22-37(39)43-25-42-36/h7-24H,25H2,1-2H3. The third-order valence-electron chi connectivity index (χ3n) is 7.52. The number of methoxy groups -OCH3 is 2. The van der Waals surface area contributed by atoms with E-state index in [-0.39, 0.29) is 6.79 Å². The van der Waals surface area contributed by atoms with Crippen LogP contribution < -0.4 is 18.9 Å². The van der Waals surface area contributed by atoms with Gasteiger partial charge in [-0.05, 0) is 106 Å². The SMILES string of the molecule is COc1ccc(C#Cc2ccc3c4c(ccc3c2)OCOc2ccc3cc(C#Cc5ccc(OC)cc5)ccc3c2-4)cc1. The van der Waals surface area contributed by atoms with E-state index in [9.17, 15) is 0 Å². The summed E-state index contributed by atoms with van der Waals surface area (Å²) >= 11 is 0. The Morgan fingerprint density at radius 3 is 1.28 bits per heavy atom. The van der Waals surface area contributed by atoms with Crippen LogP contribution in [0.25, 0.3) is 32.7 Å². The molecule has 1 aliphatic heterocycles. The second kappa shape index (κ2) is 11.2. The number of hydrogen-bond donors (Lipinski definition) is 0. The number of fused-ring (bicyclic) bond motifs is 7. The predicted octanol–water partition coefficient (Wildman–Crippen LogP) is 8.21. The number of rotatable bonds is 2. The van der Waals surface area contributed by atoms with Crippen LogP contribution in [0.3, 0.4) is 0 Å². The van der Waals surface area contributed by atoms with E-state index in [1.165, 1.54) is 0 Å². The molecule has 6 aromatic rings. The lowest BCUT2D eigenvalue weighted by Crippen LogP contribution is -2.03. The van der Waals surface area contributed by atoms with Crippen LogP contribution in [0.4, 0.5) is 0 Å². The van der Waals surface area contributed by atoms with Crippen LogP contribution in [-0.4, -0.2) is 21.0 Å². The van der Waals surface area contributed by atoms with Crippen molar-refractivity contribution in [2.75, 3.05) is 21.0 Å². The molecule has 0 radical (unpaired) electrons. The zero-order chi connectivity index (χ0) is 29.2. The minimum atomic E-state index is 0.147. The van der Waals surface area contributed by atoms with Crippen molar-refractivity contribution < 1.29 is 18.9 Å². The van der Waals surface area contributed by atoms with Gasteiger partial charge in [-0.2, -0.15) is 0 Å². The highest BCUT2D eigenvalue weighted by Crippen LogP contribution is 2.47. The van der Waals surface area contributed by atoms with Crippen molar-refractivity contribution in [1.82, 2.24) is 0 Å². The van der Waals surface area contributed by atoms with Crippen LogP contribution in [0.5, 0.6) is 23.0 Å². The van der Waals surface area contributed by atoms with Gasteiger partial charge < -0.3 is 18.9 Å². The molecule has 4 nitrogen and oxygen atoms in total. The molecule has 1 heterocycles. The molecule has 0 amide bonds. The maximum absolute atomic E-state index is 6.08. The fourth-order valence-corrected chi connectivity index (χ4v) is 5.33. The van der Waals surface area contributed by atoms with Gasteiger partial charge >= 0.3 is 0 Å². The Morgan fingerprint density at radius 1 is 0.465 bits per heavy atom. The van der Waals surface area contributed by atoms with Crippen LogP contribution in [-0.2, 0) is 0 Å². The van der Waals surface area contributed by atoms with Gasteiger partial charge in [0.05, 0.1) is 14.2 Å². The molecule has 206 valence electrons. The van der Waals surface area contributed by atoms with Crippen LogP contribution in [0.15, 0.2) is 109 Å². The normalized spacial score (nSPS) is 11.4. The molecule has 0 N–H and O–H groups in total. The maximum atomic E-state index is 6.08. The molecule has 0 unspecified atom stereocenters. The molecule has 0 bridgehead atoms. The van der Waals surface area contributed by atoms with Gasteiger partial charge in [-0.1, -0.05) is 47.9 Å². The summed E-state index contributed by atoms with van der Waals surface area (Å²) in [6.07, 6.45) is 0. The molecular weight excluding hydrogens is 532 g/mol. The topological polar surface area (TPSA) is 36.9 Å². The quantitative estimate of drug-likeness (QED) is 0.201. The molecule has 0 saturated heterocycles. The first-order valence-corrected chi connectivity index (χ1v) is 13.9. The zero-order valence-electron chi connectivity index (χ0n) is 23.7. The average molecular weight is 559 g/mol. The van der Waals surface area contributed by atoms with E-state index in [0.717, 1.165) is 77.9 Å². The lowest BCUT2D eigenvalue weighted by atomic mass is 9.91. The summed E-state index contributed by atoms with van der Waals surface area (Å²) in [6.45, 7) is 0.147. The van der Waals surface area contributed by atoms with E-state index in [4.69, 9.17) is 18.9 Å². The van der Waals surface area contributed by atoms with Crippen LogP contribution in [0.1, 0.15) is 22.3 Å². The minimum Gasteiger partial charge on any atom is -0.497 e. The van der Waals surface area contributed by atoms with Crippen LogP contribution >= 0.6 is 0 Å². The Labute approximate surface area is 250 Å². The highest BCUT2D eigenvalue weighted by atomic mass is 16.7. The van der Waals surface area contributed by atoms with E-state index in [2.05, 4.69) is 72.2 Å². The summed E-state index contributed by atoms with van der Waals surface area (Å²) in [6, 6.07) is 36.3. The Bertz CT molecular complexity index is 1970. The lowest BCUT2D eigenvalue weighted by molar-refractivity contribution is 0.125. The number of hydrogen-bond acceptors (Lipinski definition) is 4. The van der Waals surface area contributed by atoms with Crippen molar-refractivity contribution in [1.29, 1.82) is 0 Å². The fourth-order valence-electron chi connectivity index (χ4n) is 5.33. The van der Waals surface area contributed by atoms with Crippen molar-refractivity contribution >= 4 is 21.5 Å². The molecule has 0 spiro atoms. The van der Waals surface area contributed by atoms with E-state index in [1.807, 2.05) is 60.7 Å². The third kappa shape index (κ3) is 5.19. The molecule has 0 aliphatic carbocycles. The number of benzene rings is 6. The predicted molar refractivity (Wildman–Crippen MR) is 171 cm³/mol. The van der Waals surface area contributed by atoms with Gasteiger partial charge in [0.25, 0.3) is 0 Å². The largest absolute Gasteiger partial charge is 0.497 e. The molecule has 0 atom stereocenters. The Hall–Kier alpha value is -5.84. The Balaban J connectivity index is 1.29. The summed E-state index contributed by atoms with van der Waals surface area (Å²) < 4.78 is 22.7. The lowest BCUT2D eigenvalue weighted by Gasteiger charge is -2.14. The van der Waals surface area contributed by atoms with Gasteiger partial charge in [-0.15, -0.1) is 0 Å². The number of ether oxygens (including phenoxy) is 4. The minimum absolute atomic E-state index is 0.147. The van der Waals surface area contributed by atoms with E-state index < -0.39 is 0 Å². The smallest absolute Gasteiger partial charge is 0.230 e. The molecule has 0 saturated carbocycles. The molecule has 1 aliphatic rings. The van der Waals surface area contributed by atoms with Gasteiger partial charge in [0.2, 0.25) is 6.79 Å². The van der Waals surface area contributed by atoms with Gasteiger partial charge in [0, 0.05) is 33.4 Å². The Kier molecular flexibility index (Phi) is 6.80. The van der Waals surface area contributed by atoms with Crippen LogP contribution in [0.2, 0.25) is 0 Å². The average Bonchev–Trinajstić information content (AvgIpc) is 3.26. The van der Waals surface area contributed by atoms with Gasteiger partial charge in [0.1, 0.15) is 23.0 Å². The molecule has 43 heavy (non-hydrogen) atoms. The summed E-state index contributed by atoms with van der Waals surface area (Å²) in [4.78, 5) is 0. The second-order valence-electron chi connectivity index (χ2n) is 10.1. The highest BCUT2D eigenvalue weighted by molar-refractivity contribution is 6.10. The molecule has 0 fully saturated rings. The van der Waals surface area contributed by atoms with Crippen molar-refractivity contribution in [3.63, 3.8) is 0 Å². The van der Waals surface area contributed by atoms with Crippen molar-refractivity contribution in [2.24, 2.45) is 0 Å². The van der Waals surface area contributed by atoms with Crippen molar-refractivity contribution in [3.05, 3.63) is 131 Å². The van der Waals surface area contributed by atoms with Gasteiger partial charge in [-0.25, -0.2) is 0 Å². The first-order chi connectivity index (χ1) is 21.2. The fraction of sp³-hybridized carbons (Fsp3) is 0.0769. The van der Waals surface area contributed by atoms with Gasteiger partial charge in [-0.3, -0.25) is 0 Å². The molecule has 7 rings (SSSR count). The monoisotopic (exact) mass is 558 g/mol. The second-order valence-corrected chi connectivity index (χ2v) is 10.1. The summed E-state index contributed by atoms with van der Waals surface area (Å²) in [5, 5.41) is 4.32. The van der Waals surface area contributed by atoms with Gasteiger partial charge in [0.15, 0.2) is 0 Å². The first-order valence-electron chi connectivity index (χ1n) is 13.9. The van der Waals surface area contributed by atoms with E-state index in [1.54, 1.807) is 14.2 Å². The van der Waals surface area contributed by atoms with Crippen LogP contribution in [0, 0.1) is 23.7 Å². The summed E-state index contributed by atoms with van der Waals surface area (Å²) in [5.74, 6) is 16.3. The first kappa shape index (κ1) is 26.1. The zero-order valence-corrected chi connectivity index (χ0v) is 23.7. The molecular formula is C39H26O4. The highest BCUT2D eigenvalue weighted by Gasteiger charge is 2.22. The van der Waals surface area contributed by atoms with E-state index in [0.29, 0.717) is 0 Å². The molecule has 6 aromatic carbocycles. The van der Waals surface area contributed by atoms with E-state index >= 15 is 0 Å². The van der Waals surface area contributed by atoms with Crippen molar-refractivity contribution in [2.45, 2.75) is 0 Å². The maximum Gasteiger partial charge on any atom is 0.230 e. The van der Waals surface area contributed by atoms with Crippen molar-refractivity contribution in [3.8, 4) is 57.8 Å². The molecule has 0 aromatic heterocycles. The summed E-state index contributed by atoms with van der Waals surface area (Å²) in [5.41, 5.74) is 5.77. The molecule has 4 heteroatoms.